The zero-order valence-electron chi connectivity index (χ0n) is 34.0. The number of anilines is 1. The SMILES string of the molecule is CC.CC.CC.CC.CN(C)/C=C/c1ccc([N+](=O)[O-])cc1[N+](=O)[O-].Cc1ccc([N+](=O)[O-])cc1[N+](=O)[O-].Cc1ccccc1.Nc1ccc2cc[nH]c2c1. The molecule has 15 nitrogen and oxygen atoms in total. The van der Waals surface area contributed by atoms with Crippen LogP contribution in [-0.4, -0.2) is 43.7 Å². The number of nitro groups is 4. The van der Waals surface area contributed by atoms with Crippen LogP contribution in [0.5, 0.6) is 0 Å². The number of nitrogens with zero attached hydrogens (tertiary/aromatic N) is 5. The first-order chi connectivity index (χ1) is 26.2. The molecule has 0 radical (unpaired) electrons. The van der Waals surface area contributed by atoms with Gasteiger partial charge in [0, 0.05) is 49.2 Å². The van der Waals surface area contributed by atoms with Crippen LogP contribution in [0.1, 0.15) is 72.1 Å². The van der Waals surface area contributed by atoms with Crippen LogP contribution in [0, 0.1) is 54.3 Å². The molecule has 0 saturated heterocycles. The summed E-state index contributed by atoms with van der Waals surface area (Å²) in [5.74, 6) is 0. The first-order valence-corrected chi connectivity index (χ1v) is 17.7. The lowest BCUT2D eigenvalue weighted by Gasteiger charge is -2.03. The van der Waals surface area contributed by atoms with E-state index in [2.05, 4.69) is 24.0 Å². The monoisotopic (exact) mass is 763 g/mol. The van der Waals surface area contributed by atoms with Crippen LogP contribution in [0.4, 0.5) is 28.4 Å². The third-order valence-electron chi connectivity index (χ3n) is 6.09. The van der Waals surface area contributed by atoms with Crippen molar-refractivity contribution < 1.29 is 19.7 Å². The van der Waals surface area contributed by atoms with Gasteiger partial charge in [0.15, 0.2) is 0 Å². The standard InChI is InChI=1S/C10H11N3O4.C8H8N2.C7H6N2O4.C7H8.4C2H6/c1-11(2)6-5-8-3-4-9(12(14)15)7-10(8)13(16)17;9-7-2-1-6-3-4-10-8(6)5-7;1-5-2-3-6(8(10)11)4-7(5)9(12)13;1-7-5-3-2-4-6-7;4*1-2/h3-7H,1-2H3;1-5,10H,9H2;2-4H,1H3;2-6H,1H3;4*1-2H3/b6-5+;;;;;;;. The van der Waals surface area contributed by atoms with Crippen LogP contribution in [0.25, 0.3) is 17.0 Å². The molecular formula is C40H57N7O8. The van der Waals surface area contributed by atoms with Gasteiger partial charge < -0.3 is 15.6 Å². The number of rotatable bonds is 6. The Labute approximate surface area is 324 Å². The zero-order chi connectivity index (χ0) is 43.1. The van der Waals surface area contributed by atoms with Crippen LogP contribution in [-0.2, 0) is 0 Å². The van der Waals surface area contributed by atoms with Gasteiger partial charge in [-0.3, -0.25) is 40.5 Å². The van der Waals surface area contributed by atoms with Crippen molar-refractivity contribution in [2.75, 3.05) is 19.8 Å². The first kappa shape index (κ1) is 52.7. The molecule has 55 heavy (non-hydrogen) atoms. The second kappa shape index (κ2) is 30.9. The number of aromatic nitrogens is 1. The molecular weight excluding hydrogens is 706 g/mol. The summed E-state index contributed by atoms with van der Waals surface area (Å²) in [4.78, 5) is 44.1. The van der Waals surface area contributed by atoms with Gasteiger partial charge in [0.2, 0.25) is 0 Å². The van der Waals surface area contributed by atoms with Crippen molar-refractivity contribution in [2.24, 2.45) is 0 Å². The van der Waals surface area contributed by atoms with E-state index in [1.807, 2.05) is 104 Å². The third-order valence-corrected chi connectivity index (χ3v) is 6.09. The molecule has 0 bridgehead atoms. The number of nitro benzene ring substituents is 4. The number of hydrogen-bond acceptors (Lipinski definition) is 10. The Morgan fingerprint density at radius 3 is 1.53 bits per heavy atom. The van der Waals surface area contributed by atoms with Gasteiger partial charge in [-0.25, -0.2) is 0 Å². The number of hydrogen-bond donors (Lipinski definition) is 2. The molecule has 0 aliphatic carbocycles. The van der Waals surface area contributed by atoms with Gasteiger partial charge in [-0.2, -0.15) is 0 Å². The van der Waals surface area contributed by atoms with Gasteiger partial charge in [0.1, 0.15) is 0 Å². The number of non-ortho nitro benzene ring substituents is 2. The number of fused-ring (bicyclic) bond motifs is 1. The summed E-state index contributed by atoms with van der Waals surface area (Å²) >= 11 is 0. The van der Waals surface area contributed by atoms with E-state index in [4.69, 9.17) is 5.73 Å². The number of benzene rings is 4. The van der Waals surface area contributed by atoms with E-state index in [0.717, 1.165) is 23.3 Å². The maximum atomic E-state index is 10.8. The summed E-state index contributed by atoms with van der Waals surface area (Å²) in [6.45, 7) is 19.6. The van der Waals surface area contributed by atoms with E-state index >= 15 is 0 Å². The molecule has 0 aliphatic heterocycles. The van der Waals surface area contributed by atoms with Gasteiger partial charge in [0.05, 0.1) is 37.4 Å². The Morgan fingerprint density at radius 2 is 1.09 bits per heavy atom. The predicted octanol–water partition coefficient (Wildman–Crippen LogP) is 11.7. The topological polar surface area (TPSA) is 218 Å². The summed E-state index contributed by atoms with van der Waals surface area (Å²) in [5, 5.41) is 43.1. The van der Waals surface area contributed by atoms with Crippen LogP contribution < -0.4 is 5.73 Å². The largest absolute Gasteiger partial charge is 0.399 e. The van der Waals surface area contributed by atoms with Gasteiger partial charge in [-0.15, -0.1) is 0 Å². The van der Waals surface area contributed by atoms with Crippen molar-refractivity contribution in [2.45, 2.75) is 69.2 Å². The molecule has 5 rings (SSSR count). The van der Waals surface area contributed by atoms with Crippen molar-refractivity contribution in [1.82, 2.24) is 9.88 Å². The van der Waals surface area contributed by atoms with Crippen molar-refractivity contribution in [1.29, 1.82) is 0 Å². The highest BCUT2D eigenvalue weighted by Crippen LogP contribution is 2.26. The second-order valence-corrected chi connectivity index (χ2v) is 10.0. The van der Waals surface area contributed by atoms with E-state index in [1.54, 1.807) is 25.2 Å². The van der Waals surface area contributed by atoms with Gasteiger partial charge in [-0.1, -0.05) is 97.4 Å². The summed E-state index contributed by atoms with van der Waals surface area (Å²) in [7, 11) is 3.54. The van der Waals surface area contributed by atoms with E-state index in [1.165, 1.54) is 48.2 Å². The Kier molecular flexibility index (Phi) is 29.7. The van der Waals surface area contributed by atoms with Gasteiger partial charge >= 0.3 is 0 Å². The highest BCUT2D eigenvalue weighted by atomic mass is 16.6. The van der Waals surface area contributed by atoms with Crippen molar-refractivity contribution in [3.05, 3.63) is 161 Å². The molecule has 0 aliphatic rings. The number of nitrogen functional groups attached to an aromatic ring is 1. The highest BCUT2D eigenvalue weighted by Gasteiger charge is 2.18. The molecule has 4 aromatic carbocycles. The predicted molar refractivity (Wildman–Crippen MR) is 226 cm³/mol. The summed E-state index contributed by atoms with van der Waals surface area (Å²) in [6.07, 6.45) is 5.07. The lowest BCUT2D eigenvalue weighted by atomic mass is 10.1. The molecule has 0 spiro atoms. The van der Waals surface area contributed by atoms with E-state index in [0.29, 0.717) is 11.1 Å². The maximum Gasteiger partial charge on any atom is 0.283 e. The third kappa shape index (κ3) is 21.5. The average Bonchev–Trinajstić information content (AvgIpc) is 3.66. The number of H-pyrrole nitrogens is 1. The van der Waals surface area contributed by atoms with Crippen molar-refractivity contribution >= 4 is 45.4 Å². The van der Waals surface area contributed by atoms with Crippen LogP contribution in [0.15, 0.2) is 103 Å². The minimum absolute atomic E-state index is 0.228. The minimum Gasteiger partial charge on any atom is -0.399 e. The van der Waals surface area contributed by atoms with Crippen LogP contribution in [0.2, 0.25) is 0 Å². The molecule has 5 aromatic rings. The molecule has 3 N–H and O–H groups in total. The highest BCUT2D eigenvalue weighted by molar-refractivity contribution is 5.82. The molecule has 0 saturated carbocycles. The van der Waals surface area contributed by atoms with E-state index < -0.39 is 19.7 Å². The van der Waals surface area contributed by atoms with Crippen LogP contribution >= 0.6 is 0 Å². The summed E-state index contributed by atoms with van der Waals surface area (Å²) < 4.78 is 0. The quantitative estimate of drug-likeness (QED) is 0.0946. The molecule has 0 amide bonds. The number of aryl methyl sites for hydroxylation is 2. The lowest BCUT2D eigenvalue weighted by molar-refractivity contribution is -0.394. The van der Waals surface area contributed by atoms with E-state index in [-0.39, 0.29) is 22.7 Å². The normalized spacial score (nSPS) is 8.95. The Bertz CT molecular complexity index is 1880. The molecule has 1 aromatic heterocycles. The summed E-state index contributed by atoms with van der Waals surface area (Å²) in [5.41, 5.74) is 8.46. The fourth-order valence-electron chi connectivity index (χ4n) is 3.68. The second-order valence-electron chi connectivity index (χ2n) is 10.0. The lowest BCUT2D eigenvalue weighted by Crippen LogP contribution is -2.00. The minimum atomic E-state index is -0.660. The van der Waals surface area contributed by atoms with Crippen molar-refractivity contribution in [3.8, 4) is 0 Å². The molecule has 0 fully saturated rings. The zero-order valence-corrected chi connectivity index (χ0v) is 34.0. The number of nitrogens with one attached hydrogen (secondary N) is 1. The first-order valence-electron chi connectivity index (χ1n) is 17.7. The number of aromatic amines is 1. The van der Waals surface area contributed by atoms with Crippen molar-refractivity contribution in [3.63, 3.8) is 0 Å². The maximum absolute atomic E-state index is 10.8. The molecule has 15 heteroatoms. The Balaban J connectivity index is -0.000000636. The molecule has 0 unspecified atom stereocenters. The van der Waals surface area contributed by atoms with Gasteiger partial charge in [-0.05, 0) is 61.8 Å². The molecule has 1 heterocycles. The fourth-order valence-corrected chi connectivity index (χ4v) is 3.68. The average molecular weight is 764 g/mol. The summed E-state index contributed by atoms with van der Waals surface area (Å²) in [6, 6.07) is 25.2. The smallest absolute Gasteiger partial charge is 0.283 e. The Morgan fingerprint density at radius 1 is 0.600 bits per heavy atom. The Hall–Kier alpha value is -6.64. The molecule has 0 atom stereocenters. The van der Waals surface area contributed by atoms with Gasteiger partial charge in [0.25, 0.3) is 22.7 Å². The number of nitrogens with two attached hydrogens (primary N) is 1. The van der Waals surface area contributed by atoms with E-state index in [9.17, 15) is 40.5 Å². The molecule has 300 valence electrons. The fraction of sp³-hybridized carbons (Fsp3) is 0.300. The van der Waals surface area contributed by atoms with Crippen LogP contribution in [0.3, 0.4) is 0 Å².